The molecule has 34 heavy (non-hydrogen) atoms. The molecule has 5 nitrogen and oxygen atoms in total. The summed E-state index contributed by atoms with van der Waals surface area (Å²) in [5, 5.41) is 1.28. The molecule has 0 aliphatic carbocycles. The van der Waals surface area contributed by atoms with Gasteiger partial charge in [-0.2, -0.15) is 0 Å². The zero-order valence-electron chi connectivity index (χ0n) is 19.4. The lowest BCUT2D eigenvalue weighted by molar-refractivity contribution is 0.201. The van der Waals surface area contributed by atoms with Crippen LogP contribution in [0.25, 0.3) is 11.0 Å². The molecule has 1 aromatic heterocycles. The second-order valence-electron chi connectivity index (χ2n) is 8.67. The van der Waals surface area contributed by atoms with Crippen molar-refractivity contribution >= 4 is 22.6 Å². The fraction of sp³-hybridized carbons (Fsp3) is 0.250. The highest BCUT2D eigenvalue weighted by atomic mass is 35.5. The molecule has 0 fully saturated rings. The maximum absolute atomic E-state index is 13.3. The van der Waals surface area contributed by atoms with Crippen LogP contribution in [0.15, 0.2) is 70.1 Å². The van der Waals surface area contributed by atoms with Gasteiger partial charge in [0.15, 0.2) is 16.9 Å². The van der Waals surface area contributed by atoms with E-state index in [1.807, 2.05) is 49.4 Å². The summed E-state index contributed by atoms with van der Waals surface area (Å²) in [4.78, 5) is 15.6. The second-order valence-corrected chi connectivity index (χ2v) is 9.11. The van der Waals surface area contributed by atoms with Crippen LogP contribution in [0.5, 0.6) is 11.5 Å². The molecule has 1 unspecified atom stereocenters. The van der Waals surface area contributed by atoms with Crippen LogP contribution in [-0.2, 0) is 13.0 Å². The smallest absolute Gasteiger partial charge is 0.197 e. The van der Waals surface area contributed by atoms with Crippen LogP contribution in [0.3, 0.4) is 0 Å². The molecule has 5 rings (SSSR count). The maximum atomic E-state index is 13.3. The van der Waals surface area contributed by atoms with Gasteiger partial charge >= 0.3 is 0 Å². The van der Waals surface area contributed by atoms with Crippen LogP contribution in [-0.4, -0.2) is 25.7 Å². The quantitative estimate of drug-likeness (QED) is 0.358. The van der Waals surface area contributed by atoms with E-state index in [-0.39, 0.29) is 11.5 Å². The van der Waals surface area contributed by atoms with E-state index in [0.717, 1.165) is 29.7 Å². The van der Waals surface area contributed by atoms with E-state index < -0.39 is 0 Å². The van der Waals surface area contributed by atoms with Crippen molar-refractivity contribution in [3.63, 3.8) is 0 Å². The van der Waals surface area contributed by atoms with Crippen molar-refractivity contribution < 1.29 is 13.9 Å². The van der Waals surface area contributed by atoms with E-state index in [1.165, 1.54) is 5.56 Å². The number of methoxy groups -OCH3 is 2. The summed E-state index contributed by atoms with van der Waals surface area (Å²) in [7, 11) is 3.29. The number of ether oxygens (including phenoxy) is 2. The summed E-state index contributed by atoms with van der Waals surface area (Å²) in [5.41, 5.74) is 5.64. The molecule has 6 heteroatoms. The molecule has 0 saturated heterocycles. The van der Waals surface area contributed by atoms with Crippen LogP contribution in [0.1, 0.15) is 33.9 Å². The first-order valence-electron chi connectivity index (χ1n) is 11.2. The minimum Gasteiger partial charge on any atom is -0.493 e. The van der Waals surface area contributed by atoms with E-state index in [2.05, 4.69) is 17.0 Å². The summed E-state index contributed by atoms with van der Waals surface area (Å²) < 4.78 is 17.0. The molecule has 1 atom stereocenters. The predicted octanol–water partition coefficient (Wildman–Crippen LogP) is 5.92. The van der Waals surface area contributed by atoms with Crippen LogP contribution in [0.2, 0.25) is 5.02 Å². The zero-order valence-corrected chi connectivity index (χ0v) is 20.2. The standard InChI is InChI=1S/C28H26ClNO4/c1-17-7-8-24-23(11-17)28(31)20(16-34-24)15-30-10-9-18-13-25(32-2)26(33-3)14-22(18)27(30)19-5-4-6-21(29)12-19/h4-8,11-14,16,27H,9-10,15H2,1-3H3. The Morgan fingerprint density at radius 3 is 2.62 bits per heavy atom. The van der Waals surface area contributed by atoms with Crippen LogP contribution >= 0.6 is 11.6 Å². The van der Waals surface area contributed by atoms with Gasteiger partial charge in [0.1, 0.15) is 5.58 Å². The van der Waals surface area contributed by atoms with E-state index in [9.17, 15) is 4.79 Å². The van der Waals surface area contributed by atoms with E-state index >= 15 is 0 Å². The summed E-state index contributed by atoms with van der Waals surface area (Å²) in [6.45, 7) is 3.20. The minimum absolute atomic E-state index is 0.00732. The summed E-state index contributed by atoms with van der Waals surface area (Å²) in [6.07, 6.45) is 2.42. The molecule has 0 spiro atoms. The van der Waals surface area contributed by atoms with Gasteiger partial charge in [-0.25, -0.2) is 0 Å². The Bertz CT molecular complexity index is 1430. The van der Waals surface area contributed by atoms with Gasteiger partial charge in [0.2, 0.25) is 0 Å². The Morgan fingerprint density at radius 1 is 1.06 bits per heavy atom. The van der Waals surface area contributed by atoms with Gasteiger partial charge in [0.25, 0.3) is 0 Å². The Kier molecular flexibility index (Phi) is 6.07. The van der Waals surface area contributed by atoms with Crippen molar-refractivity contribution in [3.05, 3.63) is 104 Å². The fourth-order valence-corrected chi connectivity index (χ4v) is 5.05. The third-order valence-corrected chi connectivity index (χ3v) is 6.75. The van der Waals surface area contributed by atoms with Crippen molar-refractivity contribution in [2.45, 2.75) is 25.9 Å². The van der Waals surface area contributed by atoms with Crippen molar-refractivity contribution in [1.29, 1.82) is 0 Å². The Morgan fingerprint density at radius 2 is 1.85 bits per heavy atom. The number of fused-ring (bicyclic) bond motifs is 2. The Hall–Kier alpha value is -3.28. The molecule has 174 valence electrons. The Balaban J connectivity index is 1.62. The molecule has 0 bridgehead atoms. The van der Waals surface area contributed by atoms with E-state index in [0.29, 0.717) is 39.6 Å². The maximum Gasteiger partial charge on any atom is 0.197 e. The number of rotatable bonds is 5. The van der Waals surface area contributed by atoms with Crippen LogP contribution < -0.4 is 14.9 Å². The molecule has 0 saturated carbocycles. The highest BCUT2D eigenvalue weighted by Crippen LogP contribution is 2.41. The molecule has 2 heterocycles. The normalized spacial score (nSPS) is 15.8. The van der Waals surface area contributed by atoms with Crippen molar-refractivity contribution in [2.75, 3.05) is 20.8 Å². The van der Waals surface area contributed by atoms with E-state index in [1.54, 1.807) is 20.5 Å². The summed E-state index contributed by atoms with van der Waals surface area (Å²) >= 11 is 6.38. The lowest BCUT2D eigenvalue weighted by Gasteiger charge is -2.38. The zero-order chi connectivity index (χ0) is 23.8. The number of nitrogens with zero attached hydrogens (tertiary/aromatic N) is 1. The molecule has 1 aliphatic heterocycles. The lowest BCUT2D eigenvalue weighted by Crippen LogP contribution is -2.37. The summed E-state index contributed by atoms with van der Waals surface area (Å²) in [6, 6.07) is 17.6. The number of halogens is 1. The highest BCUT2D eigenvalue weighted by Gasteiger charge is 2.31. The minimum atomic E-state index is -0.102. The second kappa shape index (κ2) is 9.16. The molecular formula is C28H26ClNO4. The first-order chi connectivity index (χ1) is 16.5. The molecule has 3 aromatic carbocycles. The van der Waals surface area contributed by atoms with Gasteiger partial charge in [-0.15, -0.1) is 0 Å². The summed E-state index contributed by atoms with van der Waals surface area (Å²) in [5.74, 6) is 1.39. The van der Waals surface area contributed by atoms with Gasteiger partial charge in [-0.3, -0.25) is 9.69 Å². The average molecular weight is 476 g/mol. The fourth-order valence-electron chi connectivity index (χ4n) is 4.85. The predicted molar refractivity (Wildman–Crippen MR) is 134 cm³/mol. The monoisotopic (exact) mass is 475 g/mol. The molecule has 1 aliphatic rings. The first kappa shape index (κ1) is 22.5. The molecule has 0 radical (unpaired) electrons. The first-order valence-corrected chi connectivity index (χ1v) is 11.6. The molecular weight excluding hydrogens is 450 g/mol. The Labute approximate surface area is 203 Å². The third kappa shape index (κ3) is 4.06. The number of hydrogen-bond donors (Lipinski definition) is 0. The third-order valence-electron chi connectivity index (χ3n) is 6.51. The van der Waals surface area contributed by atoms with Gasteiger partial charge in [-0.05, 0) is 66.4 Å². The van der Waals surface area contributed by atoms with E-state index in [4.69, 9.17) is 25.5 Å². The molecule has 4 aromatic rings. The largest absolute Gasteiger partial charge is 0.493 e. The van der Waals surface area contributed by atoms with Crippen molar-refractivity contribution in [1.82, 2.24) is 4.90 Å². The van der Waals surface area contributed by atoms with Gasteiger partial charge in [0.05, 0.1) is 31.9 Å². The SMILES string of the molecule is COc1cc2c(cc1OC)C(c1cccc(Cl)c1)N(Cc1coc3ccc(C)cc3c1=O)CC2. The van der Waals surface area contributed by atoms with Gasteiger partial charge in [-0.1, -0.05) is 35.4 Å². The lowest BCUT2D eigenvalue weighted by atomic mass is 9.87. The van der Waals surface area contributed by atoms with Gasteiger partial charge in [0, 0.05) is 23.7 Å². The molecule has 0 amide bonds. The van der Waals surface area contributed by atoms with Crippen LogP contribution in [0.4, 0.5) is 0 Å². The molecule has 0 N–H and O–H groups in total. The van der Waals surface area contributed by atoms with Crippen molar-refractivity contribution in [2.24, 2.45) is 0 Å². The van der Waals surface area contributed by atoms with Crippen LogP contribution in [0, 0.1) is 6.92 Å². The number of benzene rings is 3. The van der Waals surface area contributed by atoms with Gasteiger partial charge < -0.3 is 13.9 Å². The van der Waals surface area contributed by atoms with Crippen molar-refractivity contribution in [3.8, 4) is 11.5 Å². The number of hydrogen-bond acceptors (Lipinski definition) is 5. The number of aryl methyl sites for hydroxylation is 1. The highest BCUT2D eigenvalue weighted by molar-refractivity contribution is 6.30. The topological polar surface area (TPSA) is 51.9 Å². The average Bonchev–Trinajstić information content (AvgIpc) is 2.85.